The van der Waals surface area contributed by atoms with Crippen LogP contribution in [-0.2, 0) is 0 Å². The zero-order valence-corrected chi connectivity index (χ0v) is 13.5. The first kappa shape index (κ1) is 20.9. The van der Waals surface area contributed by atoms with Crippen molar-refractivity contribution in [2.75, 3.05) is 0 Å². The van der Waals surface area contributed by atoms with Crippen LogP contribution in [-0.4, -0.2) is 0 Å². The van der Waals surface area contributed by atoms with Gasteiger partial charge in [-0.05, 0) is 43.5 Å². The number of aryl methyl sites for hydroxylation is 3. The van der Waals surface area contributed by atoms with Crippen LogP contribution in [0.3, 0.4) is 0 Å². The van der Waals surface area contributed by atoms with Gasteiger partial charge in [-0.15, -0.1) is 12.6 Å². The molecule has 0 saturated heterocycles. The number of thiol groups is 1. The Morgan fingerprint density at radius 1 is 0.625 bits per heavy atom. The lowest BCUT2D eigenvalue weighted by atomic mass is 10.1. The van der Waals surface area contributed by atoms with Crippen molar-refractivity contribution >= 4 is 12.6 Å². The molecule has 0 radical (unpaired) electrons. The maximum atomic E-state index is 4.31. The largest absolute Gasteiger partial charge is 0.143 e. The lowest BCUT2D eigenvalue weighted by Gasteiger charge is -2.03. The highest BCUT2D eigenvalue weighted by Crippen LogP contribution is 2.17. The average molecular weight is 242 g/mol. The van der Waals surface area contributed by atoms with Gasteiger partial charge >= 0.3 is 0 Å². The van der Waals surface area contributed by atoms with E-state index in [0.29, 0.717) is 0 Å². The van der Waals surface area contributed by atoms with Crippen molar-refractivity contribution in [1.82, 2.24) is 0 Å². The van der Waals surface area contributed by atoms with Crippen molar-refractivity contribution in [2.45, 2.75) is 67.2 Å². The summed E-state index contributed by atoms with van der Waals surface area (Å²) in [4.78, 5) is 1.09. The minimum Gasteiger partial charge on any atom is -0.143 e. The Bertz CT molecular complexity index is 202. The monoisotopic (exact) mass is 242 g/mol. The third-order valence-electron chi connectivity index (χ3n) is 1.81. The van der Waals surface area contributed by atoms with Crippen molar-refractivity contribution in [3.05, 3.63) is 28.8 Å². The van der Waals surface area contributed by atoms with Gasteiger partial charge in [0.15, 0.2) is 0 Å². The summed E-state index contributed by atoms with van der Waals surface area (Å²) in [5.74, 6) is 0. The summed E-state index contributed by atoms with van der Waals surface area (Å²) in [6, 6.07) is 4.27. The van der Waals surface area contributed by atoms with Gasteiger partial charge in [0.1, 0.15) is 0 Å². The fourth-order valence-electron chi connectivity index (χ4n) is 0.945. The predicted molar refractivity (Wildman–Crippen MR) is 81.9 cm³/mol. The highest BCUT2D eigenvalue weighted by molar-refractivity contribution is 7.80. The number of benzene rings is 1. The molecule has 96 valence electrons. The predicted octanol–water partition coefficient (Wildman–Crippen LogP) is 5.98. The van der Waals surface area contributed by atoms with Crippen LogP contribution in [0, 0.1) is 20.8 Å². The van der Waals surface area contributed by atoms with Gasteiger partial charge in [0.25, 0.3) is 0 Å². The van der Waals surface area contributed by atoms with Crippen LogP contribution in [0.5, 0.6) is 0 Å². The van der Waals surface area contributed by atoms with Crippen LogP contribution in [0.2, 0.25) is 0 Å². The normalized spacial score (nSPS) is 7.38. The second-order valence-electron chi connectivity index (χ2n) is 2.72. The van der Waals surface area contributed by atoms with Crippen molar-refractivity contribution in [2.24, 2.45) is 0 Å². The van der Waals surface area contributed by atoms with Gasteiger partial charge < -0.3 is 0 Å². The molecule has 0 fully saturated rings. The molecule has 0 amide bonds. The minimum atomic E-state index is 1.09. The molecule has 0 spiro atoms. The van der Waals surface area contributed by atoms with Gasteiger partial charge in [0.2, 0.25) is 0 Å². The van der Waals surface area contributed by atoms with E-state index in [0.717, 1.165) is 4.90 Å². The Morgan fingerprint density at radius 3 is 1.25 bits per heavy atom. The fraction of sp³-hybridized carbons (Fsp3) is 0.600. The van der Waals surface area contributed by atoms with Gasteiger partial charge in [0.05, 0.1) is 0 Å². The Kier molecular flexibility index (Phi) is 19.0. The maximum Gasteiger partial charge on any atom is 0.00720 e. The molecule has 1 heteroatoms. The number of rotatable bonds is 0. The maximum absolute atomic E-state index is 4.31. The first-order chi connectivity index (χ1) is 7.61. The third kappa shape index (κ3) is 8.84. The average Bonchev–Trinajstić information content (AvgIpc) is 2.34. The standard InChI is InChI=1S/C9H12S.3C2H6/c1-6-4-8(3)9(10)5-7(6)2;3*1-2/h4-5,10H,1-3H3;3*1-2H3. The Balaban J connectivity index is -0.000000245. The summed E-state index contributed by atoms with van der Waals surface area (Å²) >= 11 is 4.31. The molecule has 0 unspecified atom stereocenters. The number of hydrogen-bond acceptors (Lipinski definition) is 1. The molecular weight excluding hydrogens is 212 g/mol. The zero-order valence-electron chi connectivity index (χ0n) is 12.6. The van der Waals surface area contributed by atoms with E-state index in [-0.39, 0.29) is 0 Å². The lowest BCUT2D eigenvalue weighted by molar-refractivity contribution is 1.21. The van der Waals surface area contributed by atoms with E-state index in [1.54, 1.807) is 0 Å². The van der Waals surface area contributed by atoms with Crippen molar-refractivity contribution < 1.29 is 0 Å². The highest BCUT2D eigenvalue weighted by Gasteiger charge is 1.95. The van der Waals surface area contributed by atoms with Gasteiger partial charge in [-0.2, -0.15) is 0 Å². The molecule has 1 aromatic rings. The van der Waals surface area contributed by atoms with E-state index >= 15 is 0 Å². The summed E-state index contributed by atoms with van der Waals surface area (Å²) in [6.45, 7) is 18.3. The molecule has 0 nitrogen and oxygen atoms in total. The second-order valence-corrected chi connectivity index (χ2v) is 3.20. The molecule has 0 heterocycles. The summed E-state index contributed by atoms with van der Waals surface area (Å²) in [5, 5.41) is 0. The minimum absolute atomic E-state index is 1.09. The topological polar surface area (TPSA) is 0 Å². The molecule has 0 aliphatic rings. The van der Waals surface area contributed by atoms with E-state index in [2.05, 4.69) is 45.5 Å². The number of hydrogen-bond donors (Lipinski definition) is 1. The van der Waals surface area contributed by atoms with E-state index in [4.69, 9.17) is 0 Å². The second kappa shape index (κ2) is 14.6. The fourth-order valence-corrected chi connectivity index (χ4v) is 1.20. The van der Waals surface area contributed by atoms with Crippen LogP contribution < -0.4 is 0 Å². The Morgan fingerprint density at radius 2 is 0.938 bits per heavy atom. The van der Waals surface area contributed by atoms with Crippen molar-refractivity contribution in [3.63, 3.8) is 0 Å². The Labute approximate surface area is 109 Å². The first-order valence-electron chi connectivity index (χ1n) is 6.38. The van der Waals surface area contributed by atoms with Crippen LogP contribution in [0.15, 0.2) is 17.0 Å². The molecule has 0 atom stereocenters. The molecule has 16 heavy (non-hydrogen) atoms. The molecule has 1 rings (SSSR count). The van der Waals surface area contributed by atoms with Crippen molar-refractivity contribution in [3.8, 4) is 0 Å². The van der Waals surface area contributed by atoms with E-state index in [9.17, 15) is 0 Å². The molecule has 0 aromatic heterocycles. The summed E-state index contributed by atoms with van der Waals surface area (Å²) in [5.41, 5.74) is 3.91. The summed E-state index contributed by atoms with van der Waals surface area (Å²) < 4.78 is 0. The molecule has 1 aromatic carbocycles. The van der Waals surface area contributed by atoms with Gasteiger partial charge in [-0.1, -0.05) is 47.6 Å². The molecular formula is C15H30S. The smallest absolute Gasteiger partial charge is 0.00720 e. The van der Waals surface area contributed by atoms with Crippen LogP contribution in [0.4, 0.5) is 0 Å². The lowest BCUT2D eigenvalue weighted by Crippen LogP contribution is -1.83. The van der Waals surface area contributed by atoms with E-state index < -0.39 is 0 Å². The van der Waals surface area contributed by atoms with E-state index in [1.165, 1.54) is 16.7 Å². The Hall–Kier alpha value is -0.430. The quantitative estimate of drug-likeness (QED) is 0.532. The zero-order chi connectivity index (χ0) is 13.7. The molecule has 0 bridgehead atoms. The van der Waals surface area contributed by atoms with E-state index in [1.807, 2.05) is 41.5 Å². The molecule has 0 aliphatic heterocycles. The first-order valence-corrected chi connectivity index (χ1v) is 6.83. The van der Waals surface area contributed by atoms with Crippen molar-refractivity contribution in [1.29, 1.82) is 0 Å². The van der Waals surface area contributed by atoms with Crippen LogP contribution in [0.25, 0.3) is 0 Å². The van der Waals surface area contributed by atoms with Gasteiger partial charge in [-0.3, -0.25) is 0 Å². The highest BCUT2D eigenvalue weighted by atomic mass is 32.1. The molecule has 0 N–H and O–H groups in total. The molecule has 0 aliphatic carbocycles. The third-order valence-corrected chi connectivity index (χ3v) is 2.29. The van der Waals surface area contributed by atoms with Crippen LogP contribution in [0.1, 0.15) is 58.2 Å². The summed E-state index contributed by atoms with van der Waals surface area (Å²) in [6.07, 6.45) is 0. The summed E-state index contributed by atoms with van der Waals surface area (Å²) in [7, 11) is 0. The SMILES string of the molecule is CC.CC.CC.Cc1cc(C)c(S)cc1C. The van der Waals surface area contributed by atoms with Crippen LogP contribution >= 0.6 is 12.6 Å². The molecule has 0 saturated carbocycles. The van der Waals surface area contributed by atoms with Gasteiger partial charge in [0, 0.05) is 4.90 Å². The van der Waals surface area contributed by atoms with Gasteiger partial charge in [-0.25, -0.2) is 0 Å².